The molecule has 4 aliphatic rings. The van der Waals surface area contributed by atoms with Crippen molar-refractivity contribution in [1.29, 1.82) is 0 Å². The van der Waals surface area contributed by atoms with Crippen molar-refractivity contribution in [3.8, 4) is 0 Å². The monoisotopic (exact) mass is 276 g/mol. The quantitative estimate of drug-likeness (QED) is 0.637. The van der Waals surface area contributed by atoms with Crippen LogP contribution < -0.4 is 0 Å². The van der Waals surface area contributed by atoms with Crippen molar-refractivity contribution in [3.63, 3.8) is 0 Å². The number of allylic oxidation sites excluding steroid dienone is 1. The molecule has 108 valence electrons. The van der Waals surface area contributed by atoms with Crippen LogP contribution in [0.3, 0.4) is 0 Å². The molecule has 5 unspecified atom stereocenters. The van der Waals surface area contributed by atoms with Crippen LogP contribution in [-0.4, -0.2) is 23.6 Å². The standard InChI is InChI=1S/C16H20O4/c1-9-7-11-15(3)10(13(18)19-11)5-4-6-16(15)14(9,2)8-12(17)20-16/h5,9,11H,4,6-8H2,1-3H3. The second kappa shape index (κ2) is 3.29. The SMILES string of the molecule is CC1CC2OC(=O)C3=CCCC4(OC(=O)CC14C)C32C. The van der Waals surface area contributed by atoms with Gasteiger partial charge in [0.15, 0.2) is 0 Å². The summed E-state index contributed by atoms with van der Waals surface area (Å²) in [5.41, 5.74) is -0.518. The summed E-state index contributed by atoms with van der Waals surface area (Å²) >= 11 is 0. The topological polar surface area (TPSA) is 52.6 Å². The van der Waals surface area contributed by atoms with Crippen LogP contribution in [0.5, 0.6) is 0 Å². The van der Waals surface area contributed by atoms with E-state index in [1.54, 1.807) is 0 Å². The molecule has 0 bridgehead atoms. The predicted octanol–water partition coefficient (Wildman–Crippen LogP) is 2.37. The van der Waals surface area contributed by atoms with E-state index < -0.39 is 11.0 Å². The molecule has 20 heavy (non-hydrogen) atoms. The maximum absolute atomic E-state index is 12.2. The van der Waals surface area contributed by atoms with Crippen LogP contribution in [0.25, 0.3) is 0 Å². The lowest BCUT2D eigenvalue weighted by Gasteiger charge is -2.59. The number of ether oxygens (including phenoxy) is 2. The van der Waals surface area contributed by atoms with Crippen LogP contribution in [0.4, 0.5) is 0 Å². The minimum Gasteiger partial charge on any atom is -0.458 e. The normalized spacial score (nSPS) is 52.9. The Kier molecular flexibility index (Phi) is 2.04. The highest BCUT2D eigenvalue weighted by atomic mass is 16.6. The van der Waals surface area contributed by atoms with E-state index in [0.717, 1.165) is 24.8 Å². The first-order valence-electron chi connectivity index (χ1n) is 7.49. The zero-order valence-electron chi connectivity index (χ0n) is 12.2. The van der Waals surface area contributed by atoms with E-state index in [2.05, 4.69) is 20.8 Å². The Morgan fingerprint density at radius 1 is 1.30 bits per heavy atom. The van der Waals surface area contributed by atoms with Gasteiger partial charge in [0.05, 0.1) is 11.8 Å². The third kappa shape index (κ3) is 1.01. The fourth-order valence-corrected chi connectivity index (χ4v) is 5.41. The minimum atomic E-state index is -0.574. The van der Waals surface area contributed by atoms with Gasteiger partial charge in [0.2, 0.25) is 0 Å². The number of carbonyl (C=O) groups excluding carboxylic acids is 2. The first-order valence-corrected chi connectivity index (χ1v) is 7.49. The molecular weight excluding hydrogens is 256 g/mol. The fraction of sp³-hybridized carbons (Fsp3) is 0.750. The van der Waals surface area contributed by atoms with Crippen molar-refractivity contribution in [2.45, 2.75) is 58.2 Å². The van der Waals surface area contributed by atoms with Gasteiger partial charge >= 0.3 is 11.9 Å². The average molecular weight is 276 g/mol. The predicted molar refractivity (Wildman–Crippen MR) is 70.6 cm³/mol. The number of esters is 2. The van der Waals surface area contributed by atoms with Crippen LogP contribution >= 0.6 is 0 Å². The van der Waals surface area contributed by atoms with E-state index in [9.17, 15) is 9.59 Å². The van der Waals surface area contributed by atoms with E-state index in [-0.39, 0.29) is 23.5 Å². The third-order valence-corrected chi connectivity index (χ3v) is 6.73. The summed E-state index contributed by atoms with van der Waals surface area (Å²) < 4.78 is 11.6. The van der Waals surface area contributed by atoms with E-state index in [4.69, 9.17) is 9.47 Å². The van der Waals surface area contributed by atoms with Crippen molar-refractivity contribution in [3.05, 3.63) is 11.6 Å². The molecule has 2 aliphatic heterocycles. The average Bonchev–Trinajstić information content (AvgIpc) is 2.77. The van der Waals surface area contributed by atoms with E-state index in [0.29, 0.717) is 12.3 Å². The number of carbonyl (C=O) groups is 2. The number of hydrogen-bond acceptors (Lipinski definition) is 4. The van der Waals surface area contributed by atoms with Gasteiger partial charge in [-0.05, 0) is 32.1 Å². The highest BCUT2D eigenvalue weighted by Crippen LogP contribution is 2.70. The first kappa shape index (κ1) is 12.4. The molecule has 4 heteroatoms. The molecule has 0 amide bonds. The highest BCUT2D eigenvalue weighted by Gasteiger charge is 2.77. The largest absolute Gasteiger partial charge is 0.458 e. The van der Waals surface area contributed by atoms with Gasteiger partial charge < -0.3 is 9.47 Å². The van der Waals surface area contributed by atoms with Crippen LogP contribution in [0.1, 0.15) is 46.5 Å². The molecule has 0 radical (unpaired) electrons. The minimum absolute atomic E-state index is 0.123. The molecule has 1 spiro atoms. The molecule has 0 aromatic heterocycles. The summed E-state index contributed by atoms with van der Waals surface area (Å²) in [6.07, 6.45) is 4.69. The molecule has 3 fully saturated rings. The van der Waals surface area contributed by atoms with Crippen molar-refractivity contribution in [1.82, 2.24) is 0 Å². The van der Waals surface area contributed by atoms with Crippen LogP contribution in [-0.2, 0) is 19.1 Å². The maximum atomic E-state index is 12.2. The van der Waals surface area contributed by atoms with E-state index in [1.807, 2.05) is 6.08 Å². The Bertz CT molecular complexity index is 565. The summed E-state index contributed by atoms with van der Waals surface area (Å²) in [6, 6.07) is 0. The fourth-order valence-electron chi connectivity index (χ4n) is 5.41. The summed E-state index contributed by atoms with van der Waals surface area (Å²) in [5.74, 6) is -0.0323. The van der Waals surface area contributed by atoms with Crippen LogP contribution in [0.15, 0.2) is 11.6 Å². The zero-order chi connectivity index (χ0) is 14.3. The van der Waals surface area contributed by atoms with Crippen LogP contribution in [0, 0.1) is 16.7 Å². The van der Waals surface area contributed by atoms with Gasteiger partial charge in [0.25, 0.3) is 0 Å². The van der Waals surface area contributed by atoms with Crippen molar-refractivity contribution < 1.29 is 19.1 Å². The molecule has 0 N–H and O–H groups in total. The molecular formula is C16H20O4. The lowest BCUT2D eigenvalue weighted by molar-refractivity contribution is -0.211. The molecule has 2 aliphatic carbocycles. The molecule has 2 saturated heterocycles. The summed E-state index contributed by atoms with van der Waals surface area (Å²) in [7, 11) is 0. The molecule has 0 aromatic carbocycles. The maximum Gasteiger partial charge on any atom is 0.334 e. The van der Waals surface area contributed by atoms with E-state index in [1.165, 1.54) is 0 Å². The summed E-state index contributed by atoms with van der Waals surface area (Å²) in [4.78, 5) is 24.3. The highest BCUT2D eigenvalue weighted by molar-refractivity contribution is 5.94. The summed E-state index contributed by atoms with van der Waals surface area (Å²) in [5, 5.41) is 0. The van der Waals surface area contributed by atoms with Gasteiger partial charge in [0.1, 0.15) is 11.7 Å². The van der Waals surface area contributed by atoms with Gasteiger partial charge in [-0.25, -0.2) is 4.79 Å². The molecule has 1 saturated carbocycles. The van der Waals surface area contributed by atoms with Gasteiger partial charge in [-0.15, -0.1) is 0 Å². The number of rotatable bonds is 0. The van der Waals surface area contributed by atoms with Crippen molar-refractivity contribution in [2.24, 2.45) is 16.7 Å². The van der Waals surface area contributed by atoms with Crippen molar-refractivity contribution in [2.75, 3.05) is 0 Å². The van der Waals surface area contributed by atoms with Gasteiger partial charge in [-0.1, -0.05) is 19.9 Å². The zero-order valence-corrected chi connectivity index (χ0v) is 12.2. The molecule has 0 aromatic rings. The van der Waals surface area contributed by atoms with E-state index >= 15 is 0 Å². The van der Waals surface area contributed by atoms with Crippen LogP contribution in [0.2, 0.25) is 0 Å². The van der Waals surface area contributed by atoms with Gasteiger partial charge in [-0.2, -0.15) is 0 Å². The Morgan fingerprint density at radius 3 is 2.80 bits per heavy atom. The van der Waals surface area contributed by atoms with Crippen molar-refractivity contribution >= 4 is 11.9 Å². The summed E-state index contributed by atoms with van der Waals surface area (Å²) in [6.45, 7) is 6.39. The second-order valence-electron chi connectivity index (χ2n) is 7.28. The Balaban J connectivity index is 2.00. The Labute approximate surface area is 118 Å². The second-order valence-corrected chi connectivity index (χ2v) is 7.28. The molecule has 4 rings (SSSR count). The third-order valence-electron chi connectivity index (χ3n) is 6.73. The van der Waals surface area contributed by atoms with Gasteiger partial charge in [0, 0.05) is 11.0 Å². The molecule has 4 nitrogen and oxygen atoms in total. The lowest BCUT2D eigenvalue weighted by Crippen LogP contribution is -2.66. The number of hydrogen-bond donors (Lipinski definition) is 0. The Hall–Kier alpha value is -1.32. The molecule has 2 heterocycles. The lowest BCUT2D eigenvalue weighted by atomic mass is 9.45. The Morgan fingerprint density at radius 2 is 2.05 bits per heavy atom. The van der Waals surface area contributed by atoms with Gasteiger partial charge in [-0.3, -0.25) is 4.79 Å². The molecule has 5 atom stereocenters. The first-order chi connectivity index (χ1) is 9.35. The smallest absolute Gasteiger partial charge is 0.334 e.